The van der Waals surface area contributed by atoms with Crippen LogP contribution in [0.15, 0.2) is 54.6 Å². The summed E-state index contributed by atoms with van der Waals surface area (Å²) in [7, 11) is 1.62. The van der Waals surface area contributed by atoms with Crippen molar-refractivity contribution in [2.75, 3.05) is 12.4 Å². The van der Waals surface area contributed by atoms with Gasteiger partial charge in [0.15, 0.2) is 3.95 Å². The van der Waals surface area contributed by atoms with Crippen LogP contribution in [0, 0.1) is 3.95 Å². The molecule has 1 atom stereocenters. The first-order valence-electron chi connectivity index (χ1n) is 7.70. The fraction of sp³-hybridized carbons (Fsp3) is 0.111. The molecule has 0 saturated heterocycles. The van der Waals surface area contributed by atoms with Gasteiger partial charge in [0.05, 0.1) is 7.11 Å². The highest BCUT2D eigenvalue weighted by Gasteiger charge is 2.31. The Morgan fingerprint density at radius 1 is 1.08 bits per heavy atom. The maximum absolute atomic E-state index is 12.6. The van der Waals surface area contributed by atoms with Gasteiger partial charge < -0.3 is 15.4 Å². The van der Waals surface area contributed by atoms with Crippen LogP contribution in [0.25, 0.3) is 5.69 Å². The normalized spacial score (nSPS) is 15.9. The molecular weight excluding hydrogens is 354 g/mol. The molecule has 0 bridgehead atoms. The van der Waals surface area contributed by atoms with Gasteiger partial charge in [-0.1, -0.05) is 47.7 Å². The van der Waals surface area contributed by atoms with Gasteiger partial charge in [-0.15, -0.1) is 0 Å². The van der Waals surface area contributed by atoms with Crippen molar-refractivity contribution in [3.05, 3.63) is 69.0 Å². The topological polar surface area (TPSA) is 55.3 Å². The van der Waals surface area contributed by atoms with Crippen LogP contribution in [0.5, 0.6) is 5.75 Å². The molecule has 126 valence electrons. The molecular formula is C18H15N3O2S2. The lowest BCUT2D eigenvalue weighted by Gasteiger charge is -2.28. The number of rotatable bonds is 3. The number of carbonyl (C=O) groups excluding carboxylic acids is 1. The quantitative estimate of drug-likeness (QED) is 0.682. The monoisotopic (exact) mass is 369 g/mol. The summed E-state index contributed by atoms with van der Waals surface area (Å²) in [5, 5.41) is 6.38. The number of fused-ring (bicyclic) bond motifs is 1. The molecule has 0 saturated carbocycles. The van der Waals surface area contributed by atoms with E-state index in [9.17, 15) is 4.79 Å². The molecule has 2 aromatic carbocycles. The maximum Gasteiger partial charge on any atom is 0.267 e. The van der Waals surface area contributed by atoms with Crippen molar-refractivity contribution in [3.8, 4) is 11.4 Å². The number of anilines is 1. The third-order valence-corrected chi connectivity index (χ3v) is 5.41. The average molecular weight is 369 g/mol. The lowest BCUT2D eigenvalue weighted by atomic mass is 10.1. The minimum Gasteiger partial charge on any atom is -0.496 e. The Bertz CT molecular complexity index is 995. The fourth-order valence-corrected chi connectivity index (χ4v) is 4.21. The van der Waals surface area contributed by atoms with Crippen molar-refractivity contribution in [3.63, 3.8) is 0 Å². The molecule has 0 radical (unpaired) electrons. The summed E-state index contributed by atoms with van der Waals surface area (Å²) in [6.45, 7) is 0. The van der Waals surface area contributed by atoms with Crippen LogP contribution in [0.1, 0.15) is 21.4 Å². The van der Waals surface area contributed by atoms with Crippen molar-refractivity contribution in [1.29, 1.82) is 0 Å². The van der Waals surface area contributed by atoms with E-state index in [0.29, 0.717) is 20.4 Å². The second-order valence-electron chi connectivity index (χ2n) is 5.51. The number of nitrogens with zero attached hydrogens (tertiary/aromatic N) is 1. The van der Waals surface area contributed by atoms with Crippen LogP contribution in [0.2, 0.25) is 0 Å². The van der Waals surface area contributed by atoms with Crippen LogP contribution >= 0.6 is 23.6 Å². The first-order chi connectivity index (χ1) is 12.2. The van der Waals surface area contributed by atoms with Crippen LogP contribution in [0.3, 0.4) is 0 Å². The number of carbonyl (C=O) groups is 1. The Balaban J connectivity index is 1.83. The van der Waals surface area contributed by atoms with Crippen LogP contribution in [-0.4, -0.2) is 17.6 Å². The number of benzene rings is 2. The Labute approximate surface area is 153 Å². The number of hydrogen-bond donors (Lipinski definition) is 2. The molecule has 0 spiro atoms. The van der Waals surface area contributed by atoms with Crippen molar-refractivity contribution in [2.24, 2.45) is 0 Å². The molecule has 7 heteroatoms. The smallest absolute Gasteiger partial charge is 0.267 e. The Morgan fingerprint density at radius 2 is 1.80 bits per heavy atom. The standard InChI is InChI=1S/C18H15N3O2S2/c1-23-13-10-6-5-9-12(13)15-19-16-14(17(22)20-15)25-18(24)21(16)11-7-3-2-4-8-11/h2-10,15,19H,1H3,(H,20,22)/t15-/m0/s1. The lowest BCUT2D eigenvalue weighted by Crippen LogP contribution is -2.38. The molecule has 0 unspecified atom stereocenters. The van der Waals surface area contributed by atoms with Crippen molar-refractivity contribution in [1.82, 2.24) is 9.88 Å². The molecule has 1 aliphatic heterocycles. The van der Waals surface area contributed by atoms with Gasteiger partial charge in [0, 0.05) is 11.3 Å². The van der Waals surface area contributed by atoms with Gasteiger partial charge in [0.25, 0.3) is 5.91 Å². The second kappa shape index (κ2) is 6.34. The summed E-state index contributed by atoms with van der Waals surface area (Å²) in [6, 6.07) is 17.4. The highest BCUT2D eigenvalue weighted by Crippen LogP contribution is 2.36. The molecule has 3 aromatic rings. The summed E-state index contributed by atoms with van der Waals surface area (Å²) in [6.07, 6.45) is -0.393. The van der Waals surface area contributed by atoms with E-state index >= 15 is 0 Å². The number of nitrogens with one attached hydrogen (secondary N) is 2. The van der Waals surface area contributed by atoms with E-state index < -0.39 is 6.17 Å². The summed E-state index contributed by atoms with van der Waals surface area (Å²) in [5.41, 5.74) is 1.78. The largest absolute Gasteiger partial charge is 0.496 e. The van der Waals surface area contributed by atoms with E-state index in [-0.39, 0.29) is 5.91 Å². The van der Waals surface area contributed by atoms with E-state index in [1.165, 1.54) is 11.3 Å². The van der Waals surface area contributed by atoms with E-state index in [1.807, 2.05) is 59.2 Å². The van der Waals surface area contributed by atoms with Gasteiger partial charge in [-0.2, -0.15) is 0 Å². The summed E-state index contributed by atoms with van der Waals surface area (Å²) in [5.74, 6) is 1.28. The molecule has 0 aliphatic carbocycles. The van der Waals surface area contributed by atoms with E-state index in [4.69, 9.17) is 17.0 Å². The van der Waals surface area contributed by atoms with Crippen molar-refractivity contribution >= 4 is 35.3 Å². The third kappa shape index (κ3) is 2.71. The first-order valence-corrected chi connectivity index (χ1v) is 8.93. The lowest BCUT2D eigenvalue weighted by molar-refractivity contribution is 0.0939. The highest BCUT2D eigenvalue weighted by atomic mass is 32.1. The van der Waals surface area contributed by atoms with Crippen molar-refractivity contribution in [2.45, 2.75) is 6.17 Å². The van der Waals surface area contributed by atoms with Gasteiger partial charge in [0.1, 0.15) is 22.6 Å². The summed E-state index contributed by atoms with van der Waals surface area (Å²) >= 11 is 6.80. The Morgan fingerprint density at radius 3 is 2.56 bits per heavy atom. The predicted octanol–water partition coefficient (Wildman–Crippen LogP) is 4.13. The van der Waals surface area contributed by atoms with E-state index in [1.54, 1.807) is 7.11 Å². The second-order valence-corrected chi connectivity index (χ2v) is 7.15. The zero-order chi connectivity index (χ0) is 17.4. The van der Waals surface area contributed by atoms with Crippen LogP contribution < -0.4 is 15.4 Å². The average Bonchev–Trinajstić information content (AvgIpc) is 2.99. The highest BCUT2D eigenvalue weighted by molar-refractivity contribution is 7.73. The van der Waals surface area contributed by atoms with Gasteiger partial charge in [0.2, 0.25) is 0 Å². The summed E-state index contributed by atoms with van der Waals surface area (Å²) < 4.78 is 7.95. The Kier molecular flexibility index (Phi) is 4.03. The number of methoxy groups -OCH3 is 1. The molecule has 25 heavy (non-hydrogen) atoms. The maximum atomic E-state index is 12.6. The molecule has 5 nitrogen and oxygen atoms in total. The number of amides is 1. The minimum atomic E-state index is -0.393. The van der Waals surface area contributed by atoms with Gasteiger partial charge in [-0.25, -0.2) is 0 Å². The molecule has 1 aliphatic rings. The van der Waals surface area contributed by atoms with E-state index in [2.05, 4.69) is 10.6 Å². The molecule has 2 heterocycles. The Hall–Kier alpha value is -2.64. The van der Waals surface area contributed by atoms with Crippen molar-refractivity contribution < 1.29 is 9.53 Å². The predicted molar refractivity (Wildman–Crippen MR) is 101 cm³/mol. The van der Waals surface area contributed by atoms with Gasteiger partial charge in [-0.3, -0.25) is 9.36 Å². The SMILES string of the molecule is COc1ccccc1[C@@H]1NC(=O)c2sc(=S)n(-c3ccccc3)c2N1. The minimum absolute atomic E-state index is 0.143. The molecule has 4 rings (SSSR count). The van der Waals surface area contributed by atoms with E-state index in [0.717, 1.165) is 11.3 Å². The molecule has 1 amide bonds. The molecule has 0 fully saturated rings. The number of thiazole rings is 1. The van der Waals surface area contributed by atoms with Gasteiger partial charge >= 0.3 is 0 Å². The third-order valence-electron chi connectivity index (χ3n) is 4.04. The number of aromatic nitrogens is 1. The fourth-order valence-electron chi connectivity index (χ4n) is 2.90. The van der Waals surface area contributed by atoms with Gasteiger partial charge in [-0.05, 0) is 30.4 Å². The first kappa shape index (κ1) is 15.9. The summed E-state index contributed by atoms with van der Waals surface area (Å²) in [4.78, 5) is 13.2. The van der Waals surface area contributed by atoms with Crippen LogP contribution in [-0.2, 0) is 0 Å². The zero-order valence-corrected chi connectivity index (χ0v) is 15.0. The molecule has 2 N–H and O–H groups in total. The van der Waals surface area contributed by atoms with Crippen LogP contribution in [0.4, 0.5) is 5.82 Å². The number of hydrogen-bond acceptors (Lipinski definition) is 5. The number of para-hydroxylation sites is 2. The molecule has 1 aromatic heterocycles. The zero-order valence-electron chi connectivity index (χ0n) is 13.4. The number of ether oxygens (including phenoxy) is 1.